The third-order valence-electron chi connectivity index (χ3n) is 8.35. The maximum atomic E-state index is 14.3. The van der Waals surface area contributed by atoms with Gasteiger partial charge in [0.1, 0.15) is 0 Å². The smallest absolute Gasteiger partial charge is 0.293 e. The minimum absolute atomic E-state index is 0.175. The van der Waals surface area contributed by atoms with Crippen LogP contribution in [0.15, 0.2) is 97.6 Å². The molecule has 2 N–H and O–H groups in total. The summed E-state index contributed by atoms with van der Waals surface area (Å²) in [5, 5.41) is 9.51. The average Bonchev–Trinajstić information content (AvgIpc) is 3.90. The molecule has 0 saturated carbocycles. The summed E-state index contributed by atoms with van der Waals surface area (Å²) in [6, 6.07) is 16.5. The molecule has 0 radical (unpaired) electrons. The van der Waals surface area contributed by atoms with Crippen molar-refractivity contribution in [2.24, 2.45) is 0 Å². The van der Waals surface area contributed by atoms with E-state index in [-0.39, 0.29) is 43.9 Å². The van der Waals surface area contributed by atoms with Gasteiger partial charge in [0.2, 0.25) is 10.3 Å². The van der Waals surface area contributed by atoms with Gasteiger partial charge in [0.15, 0.2) is 0 Å². The second kappa shape index (κ2) is 13.2. The van der Waals surface area contributed by atoms with Crippen molar-refractivity contribution in [3.05, 3.63) is 148 Å². The van der Waals surface area contributed by atoms with Crippen molar-refractivity contribution in [3.8, 4) is 32.8 Å². The second-order valence-corrected chi connectivity index (χ2v) is 14.3. The zero-order valence-corrected chi connectivity index (χ0v) is 29.9. The minimum Gasteiger partial charge on any atom is -0.293 e. The number of aromatic amines is 2. The Bertz CT molecular complexity index is 2400. The van der Waals surface area contributed by atoms with E-state index in [1.54, 1.807) is 48.9 Å². The number of benzene rings is 3. The predicted molar refractivity (Wildman–Crippen MR) is 190 cm³/mol. The highest BCUT2D eigenvalue weighted by molar-refractivity contribution is 9.10. The quantitative estimate of drug-likeness (QED) is 0.157. The van der Waals surface area contributed by atoms with E-state index in [4.69, 9.17) is 0 Å². The first-order valence-electron chi connectivity index (χ1n) is 15.3. The monoisotopic (exact) mass is 816 g/mol. The molecule has 4 aromatic heterocycles. The number of hydrogen-bond acceptors (Lipinski definition) is 6. The first-order valence-corrected chi connectivity index (χ1v) is 17.8. The molecule has 0 bridgehead atoms. The Morgan fingerprint density at radius 2 is 1.10 bits per heavy atom. The summed E-state index contributed by atoms with van der Waals surface area (Å²) in [6.07, 6.45) is -9.09. The minimum atomic E-state index is -4.54. The lowest BCUT2D eigenvalue weighted by Gasteiger charge is -2.16. The Balaban J connectivity index is 1.31. The first-order chi connectivity index (χ1) is 24.6. The van der Waals surface area contributed by atoms with Crippen molar-refractivity contribution in [2.45, 2.75) is 32.1 Å². The van der Waals surface area contributed by atoms with Gasteiger partial charge in [0.05, 0.1) is 33.6 Å². The highest BCUT2D eigenvalue weighted by atomic mass is 79.9. The second-order valence-electron chi connectivity index (χ2n) is 11.8. The summed E-state index contributed by atoms with van der Waals surface area (Å²) in [5.41, 5.74) is 0.131. The molecule has 0 saturated heterocycles. The van der Waals surface area contributed by atoms with Crippen molar-refractivity contribution in [1.29, 1.82) is 0 Å². The van der Waals surface area contributed by atoms with Crippen LogP contribution in [-0.4, -0.2) is 29.5 Å². The summed E-state index contributed by atoms with van der Waals surface area (Å²) in [6.45, 7) is 3.34. The average molecular weight is 818 g/mol. The van der Waals surface area contributed by atoms with E-state index in [0.717, 1.165) is 51.4 Å². The molecule has 8 nitrogen and oxygen atoms in total. The molecule has 52 heavy (non-hydrogen) atoms. The molecule has 0 aliphatic carbocycles. The molecule has 0 aliphatic rings. The van der Waals surface area contributed by atoms with Crippen LogP contribution in [0.2, 0.25) is 0 Å². The highest BCUT2D eigenvalue weighted by Gasteiger charge is 2.33. The molecular formula is C35H23BrF6N6O2S2. The number of alkyl halides is 6. The van der Waals surface area contributed by atoms with Gasteiger partial charge in [0.25, 0.3) is 11.1 Å². The Morgan fingerprint density at radius 3 is 1.50 bits per heavy atom. The van der Waals surface area contributed by atoms with E-state index in [1.165, 1.54) is 33.6 Å². The number of halogens is 7. The fourth-order valence-corrected chi connectivity index (χ4v) is 7.76. The lowest BCUT2D eigenvalue weighted by Crippen LogP contribution is -2.25. The van der Waals surface area contributed by atoms with E-state index >= 15 is 0 Å². The fourth-order valence-electron chi connectivity index (χ4n) is 5.91. The molecule has 0 fully saturated rings. The molecule has 0 atom stereocenters. The van der Waals surface area contributed by atoms with E-state index in [2.05, 4.69) is 36.1 Å². The number of aryl methyl sites for hydroxylation is 2. The molecular weight excluding hydrogens is 794 g/mol. The van der Waals surface area contributed by atoms with Crippen LogP contribution < -0.4 is 11.1 Å². The van der Waals surface area contributed by atoms with Gasteiger partial charge >= 0.3 is 12.4 Å². The van der Waals surface area contributed by atoms with E-state index < -0.39 is 40.5 Å². The van der Waals surface area contributed by atoms with E-state index in [1.807, 2.05) is 0 Å². The predicted octanol–water partition coefficient (Wildman–Crippen LogP) is 9.49. The molecule has 7 aromatic rings. The topological polar surface area (TPSA) is 101 Å². The Labute approximate surface area is 306 Å². The molecule has 0 unspecified atom stereocenters. The van der Waals surface area contributed by atoms with Crippen molar-refractivity contribution in [1.82, 2.24) is 29.5 Å². The zero-order valence-electron chi connectivity index (χ0n) is 26.7. The lowest BCUT2D eigenvalue weighted by atomic mass is 9.85. The summed E-state index contributed by atoms with van der Waals surface area (Å²) < 4.78 is 83.4. The molecule has 3 aromatic carbocycles. The van der Waals surface area contributed by atoms with Crippen molar-refractivity contribution < 1.29 is 26.3 Å². The Morgan fingerprint density at radius 1 is 0.673 bits per heavy atom. The molecule has 0 spiro atoms. The number of aromatic nitrogens is 6. The maximum absolute atomic E-state index is 14.3. The summed E-state index contributed by atoms with van der Waals surface area (Å²) >= 11 is 5.53. The zero-order chi connectivity index (χ0) is 37.1. The standard InChI is InChI=1S/C35H23BrF6N6O2S2/c1-17-27(30(49)47(45-17)32-43-25(15-51-32)20-5-3-7-22(13-20)34(37,38)39)29(19-9-11-24(36)12-10-19)28-18(2)46-48(31(28)50)33-44-26(16-52-33)21-6-4-8-23(14-21)35(40,41)42/h3-16,29,45-46H,1-2H3. The summed E-state index contributed by atoms with van der Waals surface area (Å²) in [5.74, 6) is -0.908. The fraction of sp³-hybridized carbons (Fsp3) is 0.143. The van der Waals surface area contributed by atoms with Crippen molar-refractivity contribution in [3.63, 3.8) is 0 Å². The van der Waals surface area contributed by atoms with Crippen LogP contribution in [0.25, 0.3) is 32.8 Å². The number of nitrogens with zero attached hydrogens (tertiary/aromatic N) is 4. The number of thiazole rings is 2. The third-order valence-corrected chi connectivity index (χ3v) is 10.5. The van der Waals surface area contributed by atoms with E-state index in [0.29, 0.717) is 17.0 Å². The molecule has 4 heterocycles. The number of nitrogens with one attached hydrogen (secondary N) is 2. The Hall–Kier alpha value is -5.00. The SMILES string of the molecule is Cc1[nH]n(-c2nc(-c3cccc(C(F)(F)F)c3)cs2)c(=O)c1C(c1ccc(Br)cc1)c1c(C)[nH]n(-c2nc(-c3cccc(C(F)(F)F)c3)cs2)c1=O. The lowest BCUT2D eigenvalue weighted by molar-refractivity contribution is -0.138. The van der Waals surface area contributed by atoms with E-state index in [9.17, 15) is 35.9 Å². The van der Waals surface area contributed by atoms with Gasteiger partial charge in [-0.15, -0.1) is 22.7 Å². The van der Waals surface area contributed by atoms with Gasteiger partial charge in [-0.25, -0.2) is 9.97 Å². The van der Waals surface area contributed by atoms with Crippen LogP contribution in [0.4, 0.5) is 26.3 Å². The number of H-pyrrole nitrogens is 2. The Kier molecular flexibility index (Phi) is 8.99. The van der Waals surface area contributed by atoms with Crippen molar-refractivity contribution >= 4 is 38.6 Å². The third kappa shape index (κ3) is 6.59. The normalized spacial score (nSPS) is 12.3. The van der Waals surface area contributed by atoms with Crippen molar-refractivity contribution in [2.75, 3.05) is 0 Å². The summed E-state index contributed by atoms with van der Waals surface area (Å²) in [7, 11) is 0. The van der Waals surface area contributed by atoms with Crippen LogP contribution in [0, 0.1) is 13.8 Å². The van der Waals surface area contributed by atoms with Crippen LogP contribution in [0.3, 0.4) is 0 Å². The van der Waals surface area contributed by atoms with Gasteiger partial charge in [-0.05, 0) is 55.8 Å². The molecule has 266 valence electrons. The van der Waals surface area contributed by atoms with Crippen LogP contribution in [-0.2, 0) is 12.4 Å². The van der Waals surface area contributed by atoms with Gasteiger partial charge in [-0.1, -0.05) is 52.3 Å². The largest absolute Gasteiger partial charge is 0.416 e. The molecule has 7 rings (SSSR count). The van der Waals surface area contributed by atoms with Gasteiger partial charge in [-0.2, -0.15) is 35.7 Å². The maximum Gasteiger partial charge on any atom is 0.416 e. The van der Waals surface area contributed by atoms with Gasteiger partial charge in [0, 0.05) is 43.7 Å². The van der Waals surface area contributed by atoms with Gasteiger partial charge < -0.3 is 0 Å². The molecule has 0 amide bonds. The number of rotatable bonds is 7. The molecule has 0 aliphatic heterocycles. The molecule has 17 heteroatoms. The highest BCUT2D eigenvalue weighted by Crippen LogP contribution is 2.36. The number of hydrogen-bond donors (Lipinski definition) is 2. The first kappa shape index (κ1) is 35.4. The van der Waals surface area contributed by atoms with Crippen LogP contribution >= 0.6 is 38.6 Å². The van der Waals surface area contributed by atoms with Crippen LogP contribution in [0.5, 0.6) is 0 Å². The summed E-state index contributed by atoms with van der Waals surface area (Å²) in [4.78, 5) is 37.5. The van der Waals surface area contributed by atoms with Gasteiger partial charge in [-0.3, -0.25) is 19.8 Å². The van der Waals surface area contributed by atoms with Crippen LogP contribution in [0.1, 0.15) is 45.1 Å².